The molecule has 1 aromatic heterocycles. The number of nitrogens with zero attached hydrogens (tertiary/aromatic N) is 2. The van der Waals surface area contributed by atoms with Crippen molar-refractivity contribution in [2.75, 3.05) is 0 Å². The van der Waals surface area contributed by atoms with Crippen LogP contribution in [0.4, 0.5) is 5.69 Å². The fraction of sp³-hybridized carbons (Fsp3) is 0.455. The normalized spacial score (nSPS) is 14.6. The zero-order chi connectivity index (χ0) is 9.42. The molecule has 0 unspecified atom stereocenters. The number of rotatable bonds is 1. The maximum atomic E-state index is 4.57. The predicted molar refractivity (Wildman–Crippen MR) is 54.6 cm³/mol. The summed E-state index contributed by atoms with van der Waals surface area (Å²) in [6.07, 6.45) is 4.79. The van der Waals surface area contributed by atoms with E-state index < -0.39 is 0 Å². The highest BCUT2D eigenvalue weighted by Gasteiger charge is 2.18. The van der Waals surface area contributed by atoms with E-state index in [4.69, 9.17) is 0 Å². The average Bonchev–Trinajstić information content (AvgIpc) is 2.49. The summed E-state index contributed by atoms with van der Waals surface area (Å²) in [7, 11) is 0. The molecule has 0 aromatic carbocycles. The number of pyridine rings is 1. The maximum absolute atomic E-state index is 4.57. The van der Waals surface area contributed by atoms with E-state index in [0.717, 1.165) is 12.1 Å². The Kier molecular flexibility index (Phi) is 1.91. The van der Waals surface area contributed by atoms with E-state index in [0.29, 0.717) is 5.92 Å². The van der Waals surface area contributed by atoms with E-state index in [1.165, 1.54) is 16.8 Å². The van der Waals surface area contributed by atoms with Gasteiger partial charge in [0.25, 0.3) is 0 Å². The molecule has 0 aliphatic carbocycles. The molecule has 1 aliphatic heterocycles. The van der Waals surface area contributed by atoms with Gasteiger partial charge in [0.2, 0.25) is 0 Å². The second kappa shape index (κ2) is 2.95. The van der Waals surface area contributed by atoms with Crippen LogP contribution < -0.4 is 0 Å². The van der Waals surface area contributed by atoms with Gasteiger partial charge in [-0.25, -0.2) is 0 Å². The zero-order valence-electron chi connectivity index (χ0n) is 8.33. The smallest absolute Gasteiger partial charge is 0.0850 e. The molecule has 0 saturated carbocycles. The summed E-state index contributed by atoms with van der Waals surface area (Å²) in [5, 5.41) is 0. The van der Waals surface area contributed by atoms with Crippen LogP contribution >= 0.6 is 0 Å². The van der Waals surface area contributed by atoms with Crippen LogP contribution in [0, 0.1) is 12.8 Å². The van der Waals surface area contributed by atoms with Gasteiger partial charge in [-0.2, -0.15) is 0 Å². The van der Waals surface area contributed by atoms with Gasteiger partial charge in [-0.1, -0.05) is 13.8 Å². The van der Waals surface area contributed by atoms with Gasteiger partial charge in [0.05, 0.1) is 11.9 Å². The number of aliphatic imine (C=N–C) groups is 1. The Balaban J connectivity index is 2.41. The molecule has 0 N–H and O–H groups in total. The fourth-order valence-electron chi connectivity index (χ4n) is 1.61. The van der Waals surface area contributed by atoms with Crippen molar-refractivity contribution in [2.24, 2.45) is 10.9 Å². The van der Waals surface area contributed by atoms with Crippen LogP contribution in [0.5, 0.6) is 0 Å². The minimum atomic E-state index is 0.548. The summed E-state index contributed by atoms with van der Waals surface area (Å²) >= 11 is 0. The Morgan fingerprint density at radius 2 is 2.08 bits per heavy atom. The monoisotopic (exact) mass is 174 g/mol. The fourth-order valence-corrected chi connectivity index (χ4v) is 1.61. The van der Waals surface area contributed by atoms with Gasteiger partial charge in [0.1, 0.15) is 0 Å². The van der Waals surface area contributed by atoms with Gasteiger partial charge < -0.3 is 0 Å². The number of hydrogen-bond donors (Lipinski definition) is 0. The first-order valence-corrected chi connectivity index (χ1v) is 4.69. The van der Waals surface area contributed by atoms with Crippen LogP contribution in [-0.2, 0) is 6.42 Å². The number of fused-ring (bicyclic) bond motifs is 1. The number of aromatic nitrogens is 1. The molecule has 2 rings (SSSR count). The lowest BCUT2D eigenvalue weighted by molar-refractivity contribution is 0.871. The third-order valence-electron chi connectivity index (χ3n) is 2.54. The quantitative estimate of drug-likeness (QED) is 0.642. The van der Waals surface area contributed by atoms with Crippen molar-refractivity contribution >= 4 is 11.4 Å². The maximum Gasteiger partial charge on any atom is 0.0850 e. The first-order chi connectivity index (χ1) is 6.18. The molecule has 1 aromatic rings. The van der Waals surface area contributed by atoms with Gasteiger partial charge in [-0.05, 0) is 24.0 Å². The number of aryl methyl sites for hydroxylation is 1. The average molecular weight is 174 g/mol. The summed E-state index contributed by atoms with van der Waals surface area (Å²) in [6.45, 7) is 6.48. The van der Waals surface area contributed by atoms with Crippen LogP contribution in [0.2, 0.25) is 0 Å². The van der Waals surface area contributed by atoms with Gasteiger partial charge in [-0.3, -0.25) is 9.98 Å². The second-order valence-electron chi connectivity index (χ2n) is 3.89. The third kappa shape index (κ3) is 1.37. The molecule has 2 heterocycles. The van der Waals surface area contributed by atoms with E-state index in [1.807, 2.05) is 12.4 Å². The molecule has 2 nitrogen and oxygen atoms in total. The van der Waals surface area contributed by atoms with Crippen molar-refractivity contribution in [2.45, 2.75) is 27.2 Å². The summed E-state index contributed by atoms with van der Waals surface area (Å²) in [5.41, 5.74) is 4.98. The van der Waals surface area contributed by atoms with Crippen LogP contribution in [0.1, 0.15) is 25.0 Å². The van der Waals surface area contributed by atoms with Crippen LogP contribution in [0.3, 0.4) is 0 Å². The van der Waals surface area contributed by atoms with E-state index in [1.54, 1.807) is 0 Å². The Bertz CT molecular complexity index is 364. The Labute approximate surface area is 78.7 Å². The third-order valence-corrected chi connectivity index (χ3v) is 2.54. The zero-order valence-corrected chi connectivity index (χ0v) is 8.33. The van der Waals surface area contributed by atoms with Crippen LogP contribution in [0.15, 0.2) is 17.4 Å². The Morgan fingerprint density at radius 1 is 1.31 bits per heavy atom. The van der Waals surface area contributed by atoms with Crippen molar-refractivity contribution in [3.8, 4) is 0 Å². The molecule has 0 fully saturated rings. The summed E-state index contributed by atoms with van der Waals surface area (Å²) in [4.78, 5) is 8.71. The lowest BCUT2D eigenvalue weighted by atomic mass is 10.0. The molecule has 0 bridgehead atoms. The Morgan fingerprint density at radius 3 is 2.69 bits per heavy atom. The van der Waals surface area contributed by atoms with Crippen molar-refractivity contribution < 1.29 is 0 Å². The summed E-state index contributed by atoms with van der Waals surface area (Å²) < 4.78 is 0. The first-order valence-electron chi connectivity index (χ1n) is 4.69. The molecule has 0 saturated heterocycles. The van der Waals surface area contributed by atoms with Gasteiger partial charge >= 0.3 is 0 Å². The second-order valence-corrected chi connectivity index (χ2v) is 3.89. The van der Waals surface area contributed by atoms with E-state index in [-0.39, 0.29) is 0 Å². The standard InChI is InChI=1S/C11H14N2/c1-7(2)10-4-9-8(3)5-12-6-11(9)13-10/h5-7H,4H2,1-3H3. The molecular weight excluding hydrogens is 160 g/mol. The van der Waals surface area contributed by atoms with Gasteiger partial charge in [-0.15, -0.1) is 0 Å². The SMILES string of the molecule is Cc1cncc2c1CC(C(C)C)=N2. The molecule has 0 atom stereocenters. The lowest BCUT2D eigenvalue weighted by Gasteiger charge is -2.03. The summed E-state index contributed by atoms with van der Waals surface area (Å²) in [6, 6.07) is 0. The van der Waals surface area contributed by atoms with Crippen molar-refractivity contribution in [1.82, 2.24) is 4.98 Å². The van der Waals surface area contributed by atoms with E-state index >= 15 is 0 Å². The molecule has 68 valence electrons. The van der Waals surface area contributed by atoms with Crippen molar-refractivity contribution in [1.29, 1.82) is 0 Å². The highest BCUT2D eigenvalue weighted by molar-refractivity contribution is 5.95. The molecule has 0 amide bonds. The van der Waals surface area contributed by atoms with Crippen molar-refractivity contribution in [3.05, 3.63) is 23.5 Å². The predicted octanol–water partition coefficient (Wildman–Crippen LogP) is 2.67. The largest absolute Gasteiger partial charge is 0.262 e. The molecular formula is C11H14N2. The highest BCUT2D eigenvalue weighted by atomic mass is 14.8. The van der Waals surface area contributed by atoms with Crippen LogP contribution in [-0.4, -0.2) is 10.7 Å². The molecule has 0 radical (unpaired) electrons. The molecule has 2 heteroatoms. The minimum Gasteiger partial charge on any atom is -0.262 e. The molecule has 0 spiro atoms. The number of hydrogen-bond acceptors (Lipinski definition) is 2. The summed E-state index contributed by atoms with van der Waals surface area (Å²) in [5.74, 6) is 0.548. The molecule has 13 heavy (non-hydrogen) atoms. The highest BCUT2D eigenvalue weighted by Crippen LogP contribution is 2.29. The Hall–Kier alpha value is -1.18. The van der Waals surface area contributed by atoms with Gasteiger partial charge in [0, 0.05) is 18.3 Å². The minimum absolute atomic E-state index is 0.548. The van der Waals surface area contributed by atoms with Crippen molar-refractivity contribution in [3.63, 3.8) is 0 Å². The molecule has 1 aliphatic rings. The van der Waals surface area contributed by atoms with Crippen LogP contribution in [0.25, 0.3) is 0 Å². The topological polar surface area (TPSA) is 25.2 Å². The van der Waals surface area contributed by atoms with E-state index in [9.17, 15) is 0 Å². The lowest BCUT2D eigenvalue weighted by Crippen LogP contribution is -2.06. The first kappa shape index (κ1) is 8.42. The van der Waals surface area contributed by atoms with E-state index in [2.05, 4.69) is 30.7 Å². The van der Waals surface area contributed by atoms with Gasteiger partial charge in [0.15, 0.2) is 0 Å².